The predicted molar refractivity (Wildman–Crippen MR) is 58.0 cm³/mol. The zero-order valence-electron chi connectivity index (χ0n) is 9.98. The van der Waals surface area contributed by atoms with E-state index in [2.05, 4.69) is 33.0 Å². The van der Waals surface area contributed by atoms with Crippen LogP contribution < -0.4 is 5.32 Å². The highest BCUT2D eigenvalue weighted by Crippen LogP contribution is 2.22. The van der Waals surface area contributed by atoms with E-state index in [1.165, 1.54) is 6.42 Å². The average molecular weight is 187 g/mol. The quantitative estimate of drug-likeness (QED) is 0.689. The second kappa shape index (κ2) is 5.61. The highest BCUT2D eigenvalue weighted by atomic mass is 16.5. The molecule has 0 saturated heterocycles. The van der Waals surface area contributed by atoms with E-state index >= 15 is 0 Å². The summed E-state index contributed by atoms with van der Waals surface area (Å²) < 4.78 is 5.42. The van der Waals surface area contributed by atoms with E-state index in [0.29, 0.717) is 12.0 Å². The molecular weight excluding hydrogens is 162 g/mol. The van der Waals surface area contributed by atoms with Crippen LogP contribution in [-0.2, 0) is 4.74 Å². The smallest absolute Gasteiger partial charge is 0.0625 e. The van der Waals surface area contributed by atoms with Crippen LogP contribution in [0.5, 0.6) is 0 Å². The lowest BCUT2D eigenvalue weighted by molar-refractivity contribution is -0.000180. The third-order valence-corrected chi connectivity index (χ3v) is 2.86. The summed E-state index contributed by atoms with van der Waals surface area (Å²) in [5.74, 6) is 0.657. The van der Waals surface area contributed by atoms with Crippen LogP contribution in [-0.4, -0.2) is 25.8 Å². The molecule has 0 aliphatic heterocycles. The van der Waals surface area contributed by atoms with Gasteiger partial charge in [0.15, 0.2) is 0 Å². The molecule has 0 aromatic heterocycles. The Morgan fingerprint density at radius 1 is 1.38 bits per heavy atom. The normalized spacial score (nSPS) is 17.1. The summed E-state index contributed by atoms with van der Waals surface area (Å²) in [5.41, 5.74) is 0.00366. The zero-order chi connectivity index (χ0) is 10.5. The van der Waals surface area contributed by atoms with Crippen LogP contribution in [0.1, 0.15) is 40.5 Å². The fourth-order valence-electron chi connectivity index (χ4n) is 1.89. The average Bonchev–Trinajstić information content (AvgIpc) is 2.06. The van der Waals surface area contributed by atoms with Gasteiger partial charge < -0.3 is 10.1 Å². The maximum absolute atomic E-state index is 5.42. The maximum atomic E-state index is 5.42. The van der Waals surface area contributed by atoms with Crippen LogP contribution in [0.15, 0.2) is 0 Å². The molecule has 13 heavy (non-hydrogen) atoms. The van der Waals surface area contributed by atoms with Crippen LogP contribution in [0.2, 0.25) is 0 Å². The molecular formula is C11H25NO. The highest BCUT2D eigenvalue weighted by Gasteiger charge is 2.23. The van der Waals surface area contributed by atoms with E-state index in [-0.39, 0.29) is 5.60 Å². The molecule has 2 heteroatoms. The van der Waals surface area contributed by atoms with Crippen LogP contribution in [0.4, 0.5) is 0 Å². The first-order valence-electron chi connectivity index (χ1n) is 5.19. The third kappa shape index (κ3) is 4.63. The molecule has 2 unspecified atom stereocenters. The van der Waals surface area contributed by atoms with Crippen molar-refractivity contribution in [2.45, 2.75) is 52.2 Å². The van der Waals surface area contributed by atoms with Crippen molar-refractivity contribution < 1.29 is 4.74 Å². The van der Waals surface area contributed by atoms with Crippen molar-refractivity contribution in [3.05, 3.63) is 0 Å². The van der Waals surface area contributed by atoms with Gasteiger partial charge in [0.05, 0.1) is 5.60 Å². The molecule has 1 N–H and O–H groups in total. The van der Waals surface area contributed by atoms with Crippen molar-refractivity contribution in [2.75, 3.05) is 14.2 Å². The van der Waals surface area contributed by atoms with Crippen molar-refractivity contribution in [3.63, 3.8) is 0 Å². The van der Waals surface area contributed by atoms with Crippen molar-refractivity contribution >= 4 is 0 Å². The lowest BCUT2D eigenvalue weighted by atomic mass is 9.88. The Morgan fingerprint density at radius 3 is 2.23 bits per heavy atom. The van der Waals surface area contributed by atoms with E-state index in [1.54, 1.807) is 7.11 Å². The van der Waals surface area contributed by atoms with Gasteiger partial charge in [0, 0.05) is 13.2 Å². The molecule has 0 aliphatic rings. The number of rotatable bonds is 6. The Balaban J connectivity index is 4.04. The highest BCUT2D eigenvalue weighted by molar-refractivity contribution is 4.78. The van der Waals surface area contributed by atoms with E-state index in [0.717, 1.165) is 6.42 Å². The Morgan fingerprint density at radius 2 is 1.92 bits per heavy atom. The molecule has 0 radical (unpaired) electrons. The molecule has 2 atom stereocenters. The second-order valence-electron chi connectivity index (χ2n) is 4.45. The first-order valence-corrected chi connectivity index (χ1v) is 5.19. The third-order valence-electron chi connectivity index (χ3n) is 2.86. The van der Waals surface area contributed by atoms with Crippen molar-refractivity contribution in [1.29, 1.82) is 0 Å². The molecule has 0 amide bonds. The largest absolute Gasteiger partial charge is 0.379 e. The van der Waals surface area contributed by atoms with E-state index in [9.17, 15) is 0 Å². The summed E-state index contributed by atoms with van der Waals surface area (Å²) in [6, 6.07) is 0.606. The molecule has 0 aromatic rings. The van der Waals surface area contributed by atoms with Gasteiger partial charge in [-0.2, -0.15) is 0 Å². The molecule has 80 valence electrons. The van der Waals surface area contributed by atoms with Gasteiger partial charge in [-0.25, -0.2) is 0 Å². The van der Waals surface area contributed by atoms with Gasteiger partial charge in [-0.15, -0.1) is 0 Å². The summed E-state index contributed by atoms with van der Waals surface area (Å²) in [6.07, 6.45) is 2.28. The number of hydrogen-bond donors (Lipinski definition) is 1. The molecule has 2 nitrogen and oxygen atoms in total. The first-order chi connectivity index (χ1) is 5.96. The van der Waals surface area contributed by atoms with Gasteiger partial charge in [0.1, 0.15) is 0 Å². The van der Waals surface area contributed by atoms with Gasteiger partial charge in [-0.1, -0.05) is 13.8 Å². The molecule has 0 saturated carbocycles. The fourth-order valence-corrected chi connectivity index (χ4v) is 1.89. The lowest BCUT2D eigenvalue weighted by Crippen LogP contribution is -2.36. The van der Waals surface area contributed by atoms with Crippen LogP contribution in [0.25, 0.3) is 0 Å². The van der Waals surface area contributed by atoms with Gasteiger partial charge in [-0.05, 0) is 39.7 Å². The molecule has 0 spiro atoms. The first kappa shape index (κ1) is 12.9. The lowest BCUT2D eigenvalue weighted by Gasteiger charge is -2.30. The minimum atomic E-state index is 0.00366. The van der Waals surface area contributed by atoms with Crippen molar-refractivity contribution in [3.8, 4) is 0 Å². The Hall–Kier alpha value is -0.0800. The second-order valence-corrected chi connectivity index (χ2v) is 4.45. The summed E-state index contributed by atoms with van der Waals surface area (Å²) in [4.78, 5) is 0. The molecule has 0 rings (SSSR count). The number of methoxy groups -OCH3 is 1. The van der Waals surface area contributed by atoms with Crippen LogP contribution in [0, 0.1) is 5.92 Å². The van der Waals surface area contributed by atoms with Crippen LogP contribution in [0.3, 0.4) is 0 Å². The van der Waals surface area contributed by atoms with E-state index < -0.39 is 0 Å². The monoisotopic (exact) mass is 187 g/mol. The van der Waals surface area contributed by atoms with Gasteiger partial charge in [0.2, 0.25) is 0 Å². The van der Waals surface area contributed by atoms with E-state index in [4.69, 9.17) is 4.74 Å². The minimum absolute atomic E-state index is 0.00366. The molecule has 0 bridgehead atoms. The zero-order valence-corrected chi connectivity index (χ0v) is 9.98. The van der Waals surface area contributed by atoms with E-state index in [1.807, 2.05) is 7.05 Å². The van der Waals surface area contributed by atoms with Gasteiger partial charge in [-0.3, -0.25) is 0 Å². The SMILES string of the molecule is CCC(NC)C(C)CC(C)(C)OC. The topological polar surface area (TPSA) is 21.3 Å². The standard InChI is InChI=1S/C11H25NO/c1-7-10(12-5)9(2)8-11(3,4)13-6/h9-10,12H,7-8H2,1-6H3. The Bertz CT molecular complexity index is 130. The molecule has 0 aliphatic carbocycles. The fraction of sp³-hybridized carbons (Fsp3) is 1.00. The van der Waals surface area contributed by atoms with Crippen LogP contribution >= 0.6 is 0 Å². The van der Waals surface area contributed by atoms with Crippen molar-refractivity contribution in [1.82, 2.24) is 5.32 Å². The van der Waals surface area contributed by atoms with Gasteiger partial charge in [0.25, 0.3) is 0 Å². The predicted octanol–water partition coefficient (Wildman–Crippen LogP) is 2.44. The summed E-state index contributed by atoms with van der Waals surface area (Å²) in [6.45, 7) is 8.79. The summed E-state index contributed by atoms with van der Waals surface area (Å²) in [5, 5.41) is 3.34. The molecule has 0 aromatic carbocycles. The Labute approximate surface area is 83.1 Å². The van der Waals surface area contributed by atoms with Gasteiger partial charge >= 0.3 is 0 Å². The Kier molecular flexibility index (Phi) is 5.57. The van der Waals surface area contributed by atoms with Crippen molar-refractivity contribution in [2.24, 2.45) is 5.92 Å². The summed E-state index contributed by atoms with van der Waals surface area (Å²) in [7, 11) is 3.82. The molecule has 0 heterocycles. The number of hydrogen-bond acceptors (Lipinski definition) is 2. The summed E-state index contributed by atoms with van der Waals surface area (Å²) >= 11 is 0. The number of ether oxygens (including phenoxy) is 1. The maximum Gasteiger partial charge on any atom is 0.0625 e. The molecule has 0 fully saturated rings. The number of nitrogens with one attached hydrogen (secondary N) is 1. The minimum Gasteiger partial charge on any atom is -0.379 e.